The Balaban J connectivity index is 1.38. The van der Waals surface area contributed by atoms with Crippen LogP contribution in [0.25, 0.3) is 11.4 Å². The van der Waals surface area contributed by atoms with Crippen LogP contribution in [0, 0.1) is 27.7 Å². The second kappa shape index (κ2) is 10.1. The van der Waals surface area contributed by atoms with Gasteiger partial charge in [0, 0.05) is 23.8 Å². The number of rotatable bonds is 6. The van der Waals surface area contributed by atoms with Gasteiger partial charge in [0.05, 0.1) is 22.5 Å². The van der Waals surface area contributed by atoms with Crippen molar-refractivity contribution in [3.8, 4) is 11.4 Å². The molecule has 0 bridgehead atoms. The summed E-state index contributed by atoms with van der Waals surface area (Å²) >= 11 is 0. The Bertz CT molecular complexity index is 1650. The smallest absolute Gasteiger partial charge is 0.280 e. The summed E-state index contributed by atoms with van der Waals surface area (Å²) in [5, 5.41) is 6.19. The van der Waals surface area contributed by atoms with Crippen LogP contribution in [0.2, 0.25) is 0 Å². The topological polar surface area (TPSA) is 113 Å². The molecule has 0 spiro atoms. The van der Waals surface area contributed by atoms with Gasteiger partial charge in [0.1, 0.15) is 0 Å². The minimum atomic E-state index is -0.197. The quantitative estimate of drug-likeness (QED) is 0.324. The van der Waals surface area contributed by atoms with Gasteiger partial charge in [0.15, 0.2) is 11.6 Å². The highest BCUT2D eigenvalue weighted by molar-refractivity contribution is 5.84. The lowest BCUT2D eigenvalue weighted by atomic mass is 10.2. The number of hydrogen-bond donors (Lipinski definition) is 2. The summed E-state index contributed by atoms with van der Waals surface area (Å²) in [6, 6.07) is 20.6. The summed E-state index contributed by atoms with van der Waals surface area (Å²) < 4.78 is 2.99. The molecule has 9 heteroatoms. The molecule has 38 heavy (non-hydrogen) atoms. The van der Waals surface area contributed by atoms with Crippen molar-refractivity contribution in [3.05, 3.63) is 121 Å². The molecule has 0 saturated heterocycles. The van der Waals surface area contributed by atoms with Gasteiger partial charge in [0.2, 0.25) is 0 Å². The molecule has 0 aliphatic rings. The van der Waals surface area contributed by atoms with E-state index in [9.17, 15) is 9.59 Å². The maximum atomic E-state index is 13.0. The van der Waals surface area contributed by atoms with E-state index >= 15 is 0 Å². The fourth-order valence-corrected chi connectivity index (χ4v) is 3.99. The molecule has 3 heterocycles. The van der Waals surface area contributed by atoms with Gasteiger partial charge in [0.25, 0.3) is 11.1 Å². The normalized spacial score (nSPS) is 11.7. The Morgan fingerprint density at radius 1 is 0.632 bits per heavy atom. The fourth-order valence-electron chi connectivity index (χ4n) is 3.99. The first-order valence-corrected chi connectivity index (χ1v) is 12.1. The Labute approximate surface area is 218 Å². The SMILES string of the molecule is Cc1ccc(-n2[nH]c(C)c(C=Nc3cccc(/N=C/c4c(C)[nH]n(-c5ccc(C)cc5)c4=O)n3)c2=O)cc1. The lowest BCUT2D eigenvalue weighted by Crippen LogP contribution is -2.17. The molecule has 0 unspecified atom stereocenters. The molecule has 3 aromatic heterocycles. The van der Waals surface area contributed by atoms with Crippen molar-refractivity contribution in [2.24, 2.45) is 9.98 Å². The maximum absolute atomic E-state index is 13.0. The number of benzene rings is 2. The number of nitrogens with zero attached hydrogens (tertiary/aromatic N) is 5. The summed E-state index contributed by atoms with van der Waals surface area (Å²) in [7, 11) is 0. The predicted octanol–water partition coefficient (Wildman–Crippen LogP) is 4.77. The van der Waals surface area contributed by atoms with E-state index in [2.05, 4.69) is 25.2 Å². The molecule has 0 saturated carbocycles. The average molecular weight is 506 g/mol. The number of H-pyrrole nitrogens is 2. The molecule has 0 radical (unpaired) electrons. The van der Waals surface area contributed by atoms with Crippen LogP contribution in [0.3, 0.4) is 0 Å². The molecular formula is C29H27N7O2. The van der Waals surface area contributed by atoms with Crippen molar-refractivity contribution >= 4 is 24.1 Å². The molecule has 0 aliphatic heterocycles. The van der Waals surface area contributed by atoms with Crippen LogP contribution in [0.15, 0.2) is 86.3 Å². The van der Waals surface area contributed by atoms with Gasteiger partial charge in [-0.1, -0.05) is 41.5 Å². The molecule has 0 aliphatic carbocycles. The molecule has 0 atom stereocenters. The van der Waals surface area contributed by atoms with E-state index < -0.39 is 0 Å². The van der Waals surface area contributed by atoms with Crippen molar-refractivity contribution < 1.29 is 0 Å². The molecule has 2 N–H and O–H groups in total. The van der Waals surface area contributed by atoms with Crippen molar-refractivity contribution in [2.45, 2.75) is 27.7 Å². The maximum Gasteiger partial charge on any atom is 0.280 e. The van der Waals surface area contributed by atoms with Crippen molar-refractivity contribution in [2.75, 3.05) is 0 Å². The Morgan fingerprint density at radius 3 is 1.42 bits per heavy atom. The number of hydrogen-bond acceptors (Lipinski definition) is 5. The summed E-state index contributed by atoms with van der Waals surface area (Å²) in [4.78, 5) is 39.2. The highest BCUT2D eigenvalue weighted by atomic mass is 16.1. The van der Waals surface area contributed by atoms with Gasteiger partial charge in [-0.2, -0.15) is 0 Å². The summed E-state index contributed by atoms with van der Waals surface area (Å²) in [6.07, 6.45) is 3.01. The van der Waals surface area contributed by atoms with E-state index in [1.807, 2.05) is 76.2 Å². The van der Waals surface area contributed by atoms with Gasteiger partial charge in [-0.15, -0.1) is 0 Å². The first kappa shape index (κ1) is 24.6. The monoisotopic (exact) mass is 505 g/mol. The van der Waals surface area contributed by atoms with Gasteiger partial charge >= 0.3 is 0 Å². The fraction of sp³-hybridized carbons (Fsp3) is 0.138. The Morgan fingerprint density at radius 2 is 1.03 bits per heavy atom. The first-order valence-electron chi connectivity index (χ1n) is 12.1. The highest BCUT2D eigenvalue weighted by Gasteiger charge is 2.12. The lowest BCUT2D eigenvalue weighted by molar-refractivity contribution is 0.835. The van der Waals surface area contributed by atoms with Gasteiger partial charge in [-0.3, -0.25) is 19.8 Å². The minimum Gasteiger partial charge on any atom is -0.295 e. The molecule has 5 rings (SSSR count). The zero-order valence-electron chi connectivity index (χ0n) is 21.6. The van der Waals surface area contributed by atoms with Crippen LogP contribution in [-0.2, 0) is 0 Å². The van der Waals surface area contributed by atoms with Crippen LogP contribution in [0.4, 0.5) is 11.6 Å². The summed E-state index contributed by atoms with van der Waals surface area (Å²) in [5.41, 5.74) is 5.62. The van der Waals surface area contributed by atoms with E-state index in [0.717, 1.165) is 22.5 Å². The largest absolute Gasteiger partial charge is 0.295 e. The molecule has 5 aromatic rings. The number of aliphatic imine (C=N–C) groups is 2. The second-order valence-electron chi connectivity index (χ2n) is 9.12. The van der Waals surface area contributed by atoms with Crippen LogP contribution in [0.5, 0.6) is 0 Å². The molecule has 2 aromatic carbocycles. The molecule has 0 amide bonds. The molecule has 9 nitrogen and oxygen atoms in total. The molecular weight excluding hydrogens is 478 g/mol. The number of pyridine rings is 1. The van der Waals surface area contributed by atoms with E-state index in [0.29, 0.717) is 34.2 Å². The predicted molar refractivity (Wildman–Crippen MR) is 150 cm³/mol. The standard InChI is InChI=1S/C29H27N7O2/c1-18-8-12-22(13-9-18)35-28(37)24(20(3)33-35)16-30-26-6-5-7-27(32-26)31-17-25-21(4)34-36(29(25)38)23-14-10-19(2)11-15-23/h5-17,33-34H,1-4H3/b30-16+,31-17?. The highest BCUT2D eigenvalue weighted by Crippen LogP contribution is 2.16. The minimum absolute atomic E-state index is 0.197. The van der Waals surface area contributed by atoms with Gasteiger partial charge < -0.3 is 0 Å². The first-order chi connectivity index (χ1) is 18.3. The van der Waals surface area contributed by atoms with Gasteiger partial charge in [-0.05, 0) is 64.1 Å². The lowest BCUT2D eigenvalue weighted by Gasteiger charge is -2.01. The van der Waals surface area contributed by atoms with E-state index in [4.69, 9.17) is 0 Å². The summed E-state index contributed by atoms with van der Waals surface area (Å²) in [6.45, 7) is 7.64. The van der Waals surface area contributed by atoms with E-state index in [1.165, 1.54) is 21.8 Å². The molecule has 190 valence electrons. The Kier molecular flexibility index (Phi) is 6.57. The average Bonchev–Trinajstić information content (AvgIpc) is 3.36. The van der Waals surface area contributed by atoms with E-state index in [1.54, 1.807) is 18.2 Å². The number of aryl methyl sites for hydroxylation is 4. The number of aromatic amines is 2. The van der Waals surface area contributed by atoms with Crippen LogP contribution >= 0.6 is 0 Å². The number of aromatic nitrogens is 5. The molecule has 0 fully saturated rings. The second-order valence-corrected chi connectivity index (χ2v) is 9.12. The third kappa shape index (κ3) is 4.94. The summed E-state index contributed by atoms with van der Waals surface area (Å²) in [5.74, 6) is 0.786. The zero-order chi connectivity index (χ0) is 26.8. The van der Waals surface area contributed by atoms with Crippen molar-refractivity contribution in [1.29, 1.82) is 0 Å². The van der Waals surface area contributed by atoms with Crippen LogP contribution in [-0.4, -0.2) is 37.0 Å². The van der Waals surface area contributed by atoms with Gasteiger partial charge in [-0.25, -0.2) is 24.3 Å². The van der Waals surface area contributed by atoms with Crippen molar-refractivity contribution in [3.63, 3.8) is 0 Å². The third-order valence-corrected chi connectivity index (χ3v) is 6.19. The zero-order valence-corrected chi connectivity index (χ0v) is 21.6. The third-order valence-electron chi connectivity index (χ3n) is 6.19. The van der Waals surface area contributed by atoms with Crippen molar-refractivity contribution in [1.82, 2.24) is 24.5 Å². The van der Waals surface area contributed by atoms with Crippen LogP contribution in [0.1, 0.15) is 33.6 Å². The number of nitrogens with one attached hydrogen (secondary N) is 2. The van der Waals surface area contributed by atoms with E-state index in [-0.39, 0.29) is 11.1 Å². The van der Waals surface area contributed by atoms with Crippen LogP contribution < -0.4 is 11.1 Å². The Hall–Kier alpha value is -5.05.